The van der Waals surface area contributed by atoms with E-state index >= 15 is 0 Å². The molecule has 0 saturated heterocycles. The van der Waals surface area contributed by atoms with Crippen molar-refractivity contribution in [3.05, 3.63) is 11.9 Å². The number of hydrogen-bond acceptors (Lipinski definition) is 4. The smallest absolute Gasteiger partial charge is 0.0590 e. The van der Waals surface area contributed by atoms with E-state index in [0.717, 1.165) is 24.5 Å². The minimum Gasteiger partial charge on any atom is -0.400 e. The van der Waals surface area contributed by atoms with Crippen LogP contribution < -0.4 is 11.2 Å². The van der Waals surface area contributed by atoms with Crippen molar-refractivity contribution in [1.82, 2.24) is 10.4 Å². The molecule has 0 unspecified atom stereocenters. The molecular formula is C6H13N3S. The Hall–Kier alpha value is -0.350. The topological polar surface area (TPSA) is 41.3 Å². The van der Waals surface area contributed by atoms with Gasteiger partial charge in [0.15, 0.2) is 0 Å². The van der Waals surface area contributed by atoms with E-state index in [1.54, 1.807) is 0 Å². The van der Waals surface area contributed by atoms with Crippen molar-refractivity contribution < 1.29 is 0 Å². The van der Waals surface area contributed by atoms with Crippen molar-refractivity contribution in [2.24, 2.45) is 5.73 Å². The molecule has 10 heavy (non-hydrogen) atoms. The monoisotopic (exact) mass is 159 g/mol. The summed E-state index contributed by atoms with van der Waals surface area (Å²) in [6.45, 7) is 1.92. The molecule has 0 spiro atoms. The minimum absolute atomic E-state index is 0.862. The molecule has 58 valence electrons. The Morgan fingerprint density at radius 2 is 2.70 bits per heavy atom. The molecule has 0 aromatic carbocycles. The number of nitrogens with two attached hydrogens (primary N) is 1. The standard InChI is InChI=1S/C6H13N3S/c1-10-3-2-9-5-6(7)4-8-9/h4,8H,2-3,5,7H2,1H3. The number of thioether (sulfide) groups is 1. The summed E-state index contributed by atoms with van der Waals surface area (Å²) in [5, 5.41) is 2.10. The molecule has 1 aliphatic rings. The summed E-state index contributed by atoms with van der Waals surface area (Å²) in [6.07, 6.45) is 3.95. The van der Waals surface area contributed by atoms with Gasteiger partial charge >= 0.3 is 0 Å². The van der Waals surface area contributed by atoms with E-state index in [0.29, 0.717) is 0 Å². The van der Waals surface area contributed by atoms with Gasteiger partial charge in [0.2, 0.25) is 0 Å². The van der Waals surface area contributed by atoms with Crippen LogP contribution in [-0.2, 0) is 0 Å². The second-order valence-corrected chi connectivity index (χ2v) is 3.25. The van der Waals surface area contributed by atoms with Gasteiger partial charge < -0.3 is 11.2 Å². The maximum Gasteiger partial charge on any atom is 0.0590 e. The van der Waals surface area contributed by atoms with E-state index < -0.39 is 0 Å². The van der Waals surface area contributed by atoms with Crippen molar-refractivity contribution in [1.29, 1.82) is 0 Å². The van der Waals surface area contributed by atoms with Gasteiger partial charge in [0, 0.05) is 24.2 Å². The highest BCUT2D eigenvalue weighted by Crippen LogP contribution is 1.99. The molecule has 0 atom stereocenters. The summed E-state index contributed by atoms with van der Waals surface area (Å²) in [7, 11) is 0. The fourth-order valence-corrected chi connectivity index (χ4v) is 1.23. The van der Waals surface area contributed by atoms with Crippen LogP contribution in [0.2, 0.25) is 0 Å². The highest BCUT2D eigenvalue weighted by atomic mass is 32.2. The molecule has 0 saturated carbocycles. The molecule has 1 rings (SSSR count). The highest BCUT2D eigenvalue weighted by molar-refractivity contribution is 7.98. The van der Waals surface area contributed by atoms with Gasteiger partial charge in [-0.15, -0.1) is 0 Å². The van der Waals surface area contributed by atoms with Crippen LogP contribution in [0.3, 0.4) is 0 Å². The summed E-state index contributed by atoms with van der Waals surface area (Å²) in [4.78, 5) is 0. The number of hydrogen-bond donors (Lipinski definition) is 2. The normalized spacial score (nSPS) is 18.7. The Labute approximate surface area is 65.6 Å². The first-order valence-electron chi connectivity index (χ1n) is 3.27. The van der Waals surface area contributed by atoms with E-state index in [4.69, 9.17) is 5.73 Å². The summed E-state index contributed by atoms with van der Waals surface area (Å²) >= 11 is 1.84. The molecule has 4 heteroatoms. The summed E-state index contributed by atoms with van der Waals surface area (Å²) in [5.41, 5.74) is 9.54. The Kier molecular flexibility index (Phi) is 2.89. The first kappa shape index (κ1) is 7.75. The van der Waals surface area contributed by atoms with Crippen LogP contribution >= 0.6 is 11.8 Å². The maximum atomic E-state index is 5.55. The van der Waals surface area contributed by atoms with Crippen LogP contribution in [0.15, 0.2) is 11.9 Å². The van der Waals surface area contributed by atoms with Gasteiger partial charge in [0.25, 0.3) is 0 Å². The Morgan fingerprint density at radius 1 is 1.90 bits per heavy atom. The van der Waals surface area contributed by atoms with Crippen LogP contribution in [0.4, 0.5) is 0 Å². The molecule has 0 radical (unpaired) electrons. The SMILES string of the molecule is CSCCN1CC(N)=CN1. The van der Waals surface area contributed by atoms with Crippen LogP contribution in [0.25, 0.3) is 0 Å². The predicted octanol–water partition coefficient (Wildman–Crippen LogP) is -0.0303. The lowest BCUT2D eigenvalue weighted by molar-refractivity contribution is 0.281. The second kappa shape index (κ2) is 3.73. The average Bonchev–Trinajstić information content (AvgIpc) is 2.31. The minimum atomic E-state index is 0.862. The van der Waals surface area contributed by atoms with Gasteiger partial charge in [0.05, 0.1) is 6.54 Å². The molecule has 3 N–H and O–H groups in total. The van der Waals surface area contributed by atoms with E-state index in [2.05, 4.69) is 16.7 Å². The quantitative estimate of drug-likeness (QED) is 0.607. The molecule has 1 heterocycles. The molecule has 0 amide bonds. The van der Waals surface area contributed by atoms with Crippen LogP contribution in [0, 0.1) is 0 Å². The first-order chi connectivity index (χ1) is 4.83. The van der Waals surface area contributed by atoms with Crippen LogP contribution in [0.5, 0.6) is 0 Å². The van der Waals surface area contributed by atoms with Gasteiger partial charge in [-0.1, -0.05) is 0 Å². The summed E-state index contributed by atoms with van der Waals surface area (Å²) in [6, 6.07) is 0. The lowest BCUT2D eigenvalue weighted by Crippen LogP contribution is -2.32. The molecule has 0 bridgehead atoms. The lowest BCUT2D eigenvalue weighted by atomic mass is 10.5. The second-order valence-electron chi connectivity index (χ2n) is 2.26. The van der Waals surface area contributed by atoms with Crippen molar-refractivity contribution in [2.45, 2.75) is 0 Å². The number of rotatable bonds is 3. The zero-order valence-electron chi connectivity index (χ0n) is 6.13. The van der Waals surface area contributed by atoms with Gasteiger partial charge in [-0.05, 0) is 6.26 Å². The Morgan fingerprint density at radius 3 is 3.20 bits per heavy atom. The number of nitrogens with zero attached hydrogens (tertiary/aromatic N) is 1. The van der Waals surface area contributed by atoms with Crippen molar-refractivity contribution in [3.8, 4) is 0 Å². The highest BCUT2D eigenvalue weighted by Gasteiger charge is 2.08. The Bertz CT molecular complexity index is 135. The summed E-state index contributed by atoms with van der Waals surface area (Å²) < 4.78 is 0. The van der Waals surface area contributed by atoms with Gasteiger partial charge in [-0.3, -0.25) is 0 Å². The number of hydrazine groups is 1. The Balaban J connectivity index is 2.11. The molecular weight excluding hydrogens is 146 g/mol. The molecule has 0 aromatic heterocycles. The predicted molar refractivity (Wildman–Crippen MR) is 45.4 cm³/mol. The maximum absolute atomic E-state index is 5.55. The van der Waals surface area contributed by atoms with Gasteiger partial charge in [0.1, 0.15) is 0 Å². The van der Waals surface area contributed by atoms with Gasteiger partial charge in [-0.2, -0.15) is 11.8 Å². The zero-order chi connectivity index (χ0) is 7.40. The van der Waals surface area contributed by atoms with Crippen molar-refractivity contribution in [2.75, 3.05) is 25.1 Å². The van der Waals surface area contributed by atoms with E-state index in [-0.39, 0.29) is 0 Å². The third kappa shape index (κ3) is 2.11. The van der Waals surface area contributed by atoms with E-state index in [1.165, 1.54) is 0 Å². The zero-order valence-corrected chi connectivity index (χ0v) is 6.95. The molecule has 0 aromatic rings. The molecule has 0 aliphatic carbocycles. The van der Waals surface area contributed by atoms with Crippen LogP contribution in [0.1, 0.15) is 0 Å². The molecule has 1 aliphatic heterocycles. The number of nitrogens with one attached hydrogen (secondary N) is 1. The first-order valence-corrected chi connectivity index (χ1v) is 4.67. The fourth-order valence-electron chi connectivity index (χ4n) is 0.831. The lowest BCUT2D eigenvalue weighted by Gasteiger charge is -2.14. The third-order valence-electron chi connectivity index (χ3n) is 1.37. The largest absolute Gasteiger partial charge is 0.400 e. The molecule has 3 nitrogen and oxygen atoms in total. The third-order valence-corrected chi connectivity index (χ3v) is 1.96. The average molecular weight is 159 g/mol. The fraction of sp³-hybridized carbons (Fsp3) is 0.667. The van der Waals surface area contributed by atoms with Crippen molar-refractivity contribution >= 4 is 11.8 Å². The molecule has 0 fully saturated rings. The van der Waals surface area contributed by atoms with Gasteiger partial charge in [-0.25, -0.2) is 5.01 Å². The van der Waals surface area contributed by atoms with E-state index in [1.807, 2.05) is 18.0 Å². The van der Waals surface area contributed by atoms with Crippen molar-refractivity contribution in [3.63, 3.8) is 0 Å². The van der Waals surface area contributed by atoms with E-state index in [9.17, 15) is 0 Å². The summed E-state index contributed by atoms with van der Waals surface area (Å²) in [5.74, 6) is 1.15. The van der Waals surface area contributed by atoms with Crippen LogP contribution in [-0.4, -0.2) is 30.1 Å².